The van der Waals surface area contributed by atoms with E-state index < -0.39 is 0 Å². The van der Waals surface area contributed by atoms with Crippen molar-refractivity contribution in [3.05, 3.63) is 0 Å². The fraction of sp³-hybridized carbons (Fsp3) is 0.917. The predicted molar refractivity (Wildman–Crippen MR) is 58.4 cm³/mol. The average molecular weight is 208 g/mol. The Kier molecular flexibility index (Phi) is 2.43. The van der Waals surface area contributed by atoms with Gasteiger partial charge in [-0.2, -0.15) is 0 Å². The number of fused-ring (bicyclic) bond motifs is 1. The van der Waals surface area contributed by atoms with Crippen LogP contribution in [0.5, 0.6) is 0 Å². The Morgan fingerprint density at radius 2 is 2.00 bits per heavy atom. The summed E-state index contributed by atoms with van der Waals surface area (Å²) < 4.78 is 0. The molecule has 2 saturated heterocycles. The summed E-state index contributed by atoms with van der Waals surface area (Å²) in [4.78, 5) is 14.1. The van der Waals surface area contributed by atoms with Crippen LogP contribution in [0.3, 0.4) is 0 Å². The number of amides is 1. The van der Waals surface area contributed by atoms with E-state index in [0.29, 0.717) is 5.91 Å². The molecule has 2 unspecified atom stereocenters. The molecule has 0 bridgehead atoms. The lowest BCUT2D eigenvalue weighted by Crippen LogP contribution is -2.43. The number of rotatable bonds is 2. The first kappa shape index (κ1) is 9.64. The van der Waals surface area contributed by atoms with Crippen molar-refractivity contribution in [1.29, 1.82) is 0 Å². The summed E-state index contributed by atoms with van der Waals surface area (Å²) in [5.74, 6) is 2.73. The minimum atomic E-state index is 0.419. The van der Waals surface area contributed by atoms with Gasteiger partial charge < -0.3 is 10.2 Å². The Hall–Kier alpha value is -0.570. The second-order valence-electron chi connectivity index (χ2n) is 5.45. The molecular weight excluding hydrogens is 188 g/mol. The number of hydrogen-bond acceptors (Lipinski definition) is 2. The van der Waals surface area contributed by atoms with Gasteiger partial charge in [-0.1, -0.05) is 0 Å². The van der Waals surface area contributed by atoms with E-state index in [-0.39, 0.29) is 0 Å². The van der Waals surface area contributed by atoms with Crippen LogP contribution in [0.4, 0.5) is 0 Å². The molecule has 0 radical (unpaired) electrons. The van der Waals surface area contributed by atoms with Crippen LogP contribution >= 0.6 is 0 Å². The third-order valence-electron chi connectivity index (χ3n) is 4.22. The zero-order valence-electron chi connectivity index (χ0n) is 9.24. The molecule has 3 fully saturated rings. The number of carbonyl (C=O) groups is 1. The van der Waals surface area contributed by atoms with E-state index in [2.05, 4.69) is 10.2 Å². The number of piperidine rings is 1. The van der Waals surface area contributed by atoms with Gasteiger partial charge in [0.05, 0.1) is 0 Å². The van der Waals surface area contributed by atoms with Gasteiger partial charge in [-0.25, -0.2) is 0 Å². The minimum Gasteiger partial charge on any atom is -0.342 e. The zero-order chi connectivity index (χ0) is 10.3. The van der Waals surface area contributed by atoms with Crippen molar-refractivity contribution in [3.63, 3.8) is 0 Å². The SMILES string of the molecule is O=C(CC1CC1)N1CCC2CNCC2C1. The Morgan fingerprint density at radius 1 is 1.20 bits per heavy atom. The van der Waals surface area contributed by atoms with Gasteiger partial charge in [0.25, 0.3) is 0 Å². The molecule has 0 spiro atoms. The van der Waals surface area contributed by atoms with E-state index in [9.17, 15) is 4.79 Å². The first-order valence-electron chi connectivity index (χ1n) is 6.31. The molecule has 0 aromatic rings. The molecule has 1 aliphatic carbocycles. The highest BCUT2D eigenvalue weighted by Crippen LogP contribution is 2.34. The molecule has 0 aromatic heterocycles. The summed E-state index contributed by atoms with van der Waals surface area (Å²) in [6, 6.07) is 0. The summed E-state index contributed by atoms with van der Waals surface area (Å²) in [7, 11) is 0. The average Bonchev–Trinajstić information content (AvgIpc) is 2.94. The van der Waals surface area contributed by atoms with Crippen molar-refractivity contribution in [3.8, 4) is 0 Å². The molecule has 15 heavy (non-hydrogen) atoms. The van der Waals surface area contributed by atoms with E-state index in [1.165, 1.54) is 25.8 Å². The van der Waals surface area contributed by atoms with Crippen molar-refractivity contribution >= 4 is 5.91 Å². The lowest BCUT2D eigenvalue weighted by atomic mass is 9.88. The molecule has 3 rings (SSSR count). The molecule has 2 heterocycles. The molecule has 0 aromatic carbocycles. The fourth-order valence-corrected chi connectivity index (χ4v) is 2.96. The second kappa shape index (κ2) is 3.78. The standard InChI is InChI=1S/C12H20N2O/c15-12(5-9-1-2-9)14-4-3-10-6-13-7-11(10)8-14/h9-11,13H,1-8H2. The van der Waals surface area contributed by atoms with Crippen LogP contribution in [0, 0.1) is 17.8 Å². The van der Waals surface area contributed by atoms with Gasteiger partial charge in [-0.3, -0.25) is 4.79 Å². The van der Waals surface area contributed by atoms with Crippen LogP contribution in [-0.2, 0) is 4.79 Å². The molecule has 2 atom stereocenters. The van der Waals surface area contributed by atoms with Gasteiger partial charge in [0.1, 0.15) is 0 Å². The topological polar surface area (TPSA) is 32.3 Å². The number of nitrogens with zero attached hydrogens (tertiary/aromatic N) is 1. The van der Waals surface area contributed by atoms with Crippen molar-refractivity contribution in [2.75, 3.05) is 26.2 Å². The predicted octanol–water partition coefficient (Wildman–Crippen LogP) is 0.854. The molecule has 1 saturated carbocycles. The third kappa shape index (κ3) is 2.03. The molecule has 3 aliphatic rings. The highest BCUT2D eigenvalue weighted by Gasteiger charge is 2.35. The Morgan fingerprint density at radius 3 is 2.80 bits per heavy atom. The van der Waals surface area contributed by atoms with E-state index >= 15 is 0 Å². The monoisotopic (exact) mass is 208 g/mol. The number of nitrogens with one attached hydrogen (secondary N) is 1. The van der Waals surface area contributed by atoms with Gasteiger partial charge in [-0.15, -0.1) is 0 Å². The lowest BCUT2D eigenvalue weighted by molar-refractivity contribution is -0.133. The molecule has 3 nitrogen and oxygen atoms in total. The van der Waals surface area contributed by atoms with E-state index in [4.69, 9.17) is 0 Å². The molecule has 3 heteroatoms. The molecule has 84 valence electrons. The smallest absolute Gasteiger partial charge is 0.222 e. The normalized spacial score (nSPS) is 35.3. The maximum absolute atomic E-state index is 11.9. The largest absolute Gasteiger partial charge is 0.342 e. The van der Waals surface area contributed by atoms with Crippen LogP contribution in [0.25, 0.3) is 0 Å². The van der Waals surface area contributed by atoms with Gasteiger partial charge in [0, 0.05) is 19.5 Å². The van der Waals surface area contributed by atoms with Crippen molar-refractivity contribution in [1.82, 2.24) is 10.2 Å². The first-order valence-corrected chi connectivity index (χ1v) is 6.31. The maximum Gasteiger partial charge on any atom is 0.222 e. The van der Waals surface area contributed by atoms with Crippen LogP contribution < -0.4 is 5.32 Å². The van der Waals surface area contributed by atoms with Crippen molar-refractivity contribution in [2.45, 2.75) is 25.7 Å². The van der Waals surface area contributed by atoms with E-state index in [1.807, 2.05) is 0 Å². The van der Waals surface area contributed by atoms with Gasteiger partial charge in [0.15, 0.2) is 0 Å². The summed E-state index contributed by atoms with van der Waals surface area (Å²) in [6.45, 7) is 4.32. The summed E-state index contributed by atoms with van der Waals surface area (Å²) in [5.41, 5.74) is 0. The van der Waals surface area contributed by atoms with Crippen LogP contribution in [0.2, 0.25) is 0 Å². The van der Waals surface area contributed by atoms with E-state index in [0.717, 1.165) is 43.8 Å². The summed E-state index contributed by atoms with van der Waals surface area (Å²) in [5, 5.41) is 3.44. The second-order valence-corrected chi connectivity index (χ2v) is 5.45. The fourth-order valence-electron chi connectivity index (χ4n) is 2.96. The first-order chi connectivity index (χ1) is 7.33. The summed E-state index contributed by atoms with van der Waals surface area (Å²) >= 11 is 0. The van der Waals surface area contributed by atoms with Crippen LogP contribution in [0.15, 0.2) is 0 Å². The summed E-state index contributed by atoms with van der Waals surface area (Å²) in [6.07, 6.45) is 4.61. The van der Waals surface area contributed by atoms with Gasteiger partial charge in [0.2, 0.25) is 5.91 Å². The Labute approximate surface area is 91.2 Å². The minimum absolute atomic E-state index is 0.419. The van der Waals surface area contributed by atoms with Crippen LogP contribution in [-0.4, -0.2) is 37.0 Å². The zero-order valence-corrected chi connectivity index (χ0v) is 9.24. The molecule has 2 aliphatic heterocycles. The quantitative estimate of drug-likeness (QED) is 0.730. The Bertz CT molecular complexity index is 262. The number of hydrogen-bond donors (Lipinski definition) is 1. The molecule has 1 amide bonds. The van der Waals surface area contributed by atoms with Gasteiger partial charge in [-0.05, 0) is 50.1 Å². The number of likely N-dealkylation sites (tertiary alicyclic amines) is 1. The number of carbonyl (C=O) groups excluding carboxylic acids is 1. The van der Waals surface area contributed by atoms with Crippen molar-refractivity contribution < 1.29 is 4.79 Å². The Balaban J connectivity index is 1.55. The van der Waals surface area contributed by atoms with Gasteiger partial charge >= 0.3 is 0 Å². The highest BCUT2D eigenvalue weighted by molar-refractivity contribution is 5.76. The maximum atomic E-state index is 11.9. The molecular formula is C12H20N2O. The third-order valence-corrected chi connectivity index (χ3v) is 4.22. The molecule has 1 N–H and O–H groups in total. The highest BCUT2D eigenvalue weighted by atomic mass is 16.2. The lowest BCUT2D eigenvalue weighted by Gasteiger charge is -2.34. The van der Waals surface area contributed by atoms with E-state index in [1.54, 1.807) is 0 Å². The van der Waals surface area contributed by atoms with Crippen molar-refractivity contribution in [2.24, 2.45) is 17.8 Å². The van der Waals surface area contributed by atoms with Crippen LogP contribution in [0.1, 0.15) is 25.7 Å².